The Kier molecular flexibility index (Phi) is 4.10. The van der Waals surface area contributed by atoms with Crippen LogP contribution in [0.3, 0.4) is 0 Å². The van der Waals surface area contributed by atoms with Gasteiger partial charge in [0.1, 0.15) is 6.33 Å². The Hall–Kier alpha value is -3.25. The number of carbonyl (C=O) groups is 1. The lowest BCUT2D eigenvalue weighted by Gasteiger charge is -2.15. The molecule has 0 saturated heterocycles. The second kappa shape index (κ2) is 6.57. The summed E-state index contributed by atoms with van der Waals surface area (Å²) in [4.78, 5) is 29.2. The first-order valence-corrected chi connectivity index (χ1v) is 8.46. The van der Waals surface area contributed by atoms with E-state index in [4.69, 9.17) is 5.73 Å². The second-order valence-electron chi connectivity index (χ2n) is 6.22. The summed E-state index contributed by atoms with van der Waals surface area (Å²) >= 11 is 0. The van der Waals surface area contributed by atoms with Crippen molar-refractivity contribution in [2.75, 3.05) is 13.1 Å². The van der Waals surface area contributed by atoms with Gasteiger partial charge in [-0.05, 0) is 48.4 Å². The fourth-order valence-corrected chi connectivity index (χ4v) is 3.27. The molecule has 1 aliphatic rings. The minimum absolute atomic E-state index is 0.222. The summed E-state index contributed by atoms with van der Waals surface area (Å²) in [7, 11) is 0. The first kappa shape index (κ1) is 16.2. The molecule has 1 amide bonds. The Bertz CT molecular complexity index is 1100. The molecule has 26 heavy (non-hydrogen) atoms. The average Bonchev–Trinajstić information content (AvgIpc) is 2.69. The lowest BCUT2D eigenvalue weighted by molar-refractivity contribution is 0.100. The van der Waals surface area contributed by atoms with Gasteiger partial charge in [0.15, 0.2) is 0 Å². The zero-order chi connectivity index (χ0) is 18.1. The van der Waals surface area contributed by atoms with Crippen LogP contribution in [0.15, 0.2) is 59.7 Å². The van der Waals surface area contributed by atoms with Gasteiger partial charge in [-0.1, -0.05) is 24.3 Å². The molecule has 0 fully saturated rings. The predicted octanol–water partition coefficient (Wildman–Crippen LogP) is 1.86. The smallest absolute Gasteiger partial charge is 0.265 e. The number of amides is 1. The van der Waals surface area contributed by atoms with E-state index in [0.29, 0.717) is 16.6 Å². The van der Waals surface area contributed by atoms with Crippen LogP contribution < -0.4 is 16.6 Å². The second-order valence-corrected chi connectivity index (χ2v) is 6.22. The van der Waals surface area contributed by atoms with E-state index in [1.54, 1.807) is 24.3 Å². The van der Waals surface area contributed by atoms with Crippen molar-refractivity contribution in [3.05, 3.63) is 76.3 Å². The molecule has 0 bridgehead atoms. The molecule has 0 radical (unpaired) electrons. The molecule has 0 aliphatic carbocycles. The number of hydrogen-bond donors (Lipinski definition) is 2. The van der Waals surface area contributed by atoms with Gasteiger partial charge in [0.05, 0.1) is 22.2 Å². The summed E-state index contributed by atoms with van der Waals surface area (Å²) in [6.07, 6.45) is 4.50. The van der Waals surface area contributed by atoms with Crippen LogP contribution in [0.1, 0.15) is 22.3 Å². The SMILES string of the molecule is NC(=O)c1ccccc1-n1cnc2ccc(C3=CCNCC3)cc2c1=O. The largest absolute Gasteiger partial charge is 0.366 e. The number of nitrogens with one attached hydrogen (secondary N) is 1. The minimum atomic E-state index is -0.582. The summed E-state index contributed by atoms with van der Waals surface area (Å²) in [6, 6.07) is 12.5. The zero-order valence-electron chi connectivity index (χ0n) is 14.1. The van der Waals surface area contributed by atoms with E-state index in [2.05, 4.69) is 16.4 Å². The molecule has 6 nitrogen and oxygen atoms in total. The number of rotatable bonds is 3. The molecular formula is C20H18N4O2. The number of primary amides is 1. The number of benzene rings is 2. The van der Waals surface area contributed by atoms with Crippen molar-refractivity contribution in [1.82, 2.24) is 14.9 Å². The van der Waals surface area contributed by atoms with Gasteiger partial charge in [0.2, 0.25) is 0 Å². The van der Waals surface area contributed by atoms with E-state index in [0.717, 1.165) is 25.1 Å². The van der Waals surface area contributed by atoms with Crippen molar-refractivity contribution in [2.24, 2.45) is 5.73 Å². The third-order valence-corrected chi connectivity index (χ3v) is 4.62. The van der Waals surface area contributed by atoms with Crippen LogP contribution in [0.5, 0.6) is 0 Å². The molecule has 0 atom stereocenters. The Balaban J connectivity index is 1.91. The molecule has 2 aromatic carbocycles. The number of nitrogens with two attached hydrogens (primary N) is 1. The molecule has 6 heteroatoms. The number of nitrogens with zero attached hydrogens (tertiary/aromatic N) is 2. The lowest BCUT2D eigenvalue weighted by atomic mass is 9.99. The lowest BCUT2D eigenvalue weighted by Crippen LogP contribution is -2.23. The van der Waals surface area contributed by atoms with Gasteiger partial charge in [-0.3, -0.25) is 14.2 Å². The fraction of sp³-hybridized carbons (Fsp3) is 0.150. The Morgan fingerprint density at radius 3 is 2.81 bits per heavy atom. The van der Waals surface area contributed by atoms with Crippen molar-refractivity contribution in [3.8, 4) is 5.69 Å². The Morgan fingerprint density at radius 2 is 2.04 bits per heavy atom. The van der Waals surface area contributed by atoms with Crippen molar-refractivity contribution in [2.45, 2.75) is 6.42 Å². The van der Waals surface area contributed by atoms with Gasteiger partial charge in [-0.15, -0.1) is 0 Å². The minimum Gasteiger partial charge on any atom is -0.366 e. The predicted molar refractivity (Wildman–Crippen MR) is 101 cm³/mol. The first-order chi connectivity index (χ1) is 12.6. The van der Waals surface area contributed by atoms with Crippen LogP contribution in [0.25, 0.3) is 22.2 Å². The highest BCUT2D eigenvalue weighted by atomic mass is 16.1. The van der Waals surface area contributed by atoms with E-state index in [-0.39, 0.29) is 11.1 Å². The average molecular weight is 346 g/mol. The van der Waals surface area contributed by atoms with Gasteiger partial charge in [-0.2, -0.15) is 0 Å². The normalized spacial score (nSPS) is 14.2. The maximum absolute atomic E-state index is 13.1. The number of carbonyl (C=O) groups excluding carboxylic acids is 1. The monoisotopic (exact) mass is 346 g/mol. The molecule has 0 unspecified atom stereocenters. The van der Waals surface area contributed by atoms with E-state index in [1.165, 1.54) is 16.5 Å². The highest BCUT2D eigenvalue weighted by Crippen LogP contribution is 2.22. The summed E-state index contributed by atoms with van der Waals surface area (Å²) < 4.78 is 1.38. The van der Waals surface area contributed by atoms with Crippen LogP contribution in [0.4, 0.5) is 0 Å². The van der Waals surface area contributed by atoms with Crippen molar-refractivity contribution in [1.29, 1.82) is 0 Å². The van der Waals surface area contributed by atoms with Gasteiger partial charge < -0.3 is 11.1 Å². The van der Waals surface area contributed by atoms with Gasteiger partial charge in [0.25, 0.3) is 11.5 Å². The fourth-order valence-electron chi connectivity index (χ4n) is 3.27. The first-order valence-electron chi connectivity index (χ1n) is 8.46. The quantitative estimate of drug-likeness (QED) is 0.757. The van der Waals surface area contributed by atoms with Gasteiger partial charge >= 0.3 is 0 Å². The van der Waals surface area contributed by atoms with Gasteiger partial charge in [0, 0.05) is 6.54 Å². The van der Waals surface area contributed by atoms with Crippen molar-refractivity contribution < 1.29 is 4.79 Å². The highest BCUT2D eigenvalue weighted by Gasteiger charge is 2.14. The topological polar surface area (TPSA) is 90.0 Å². The van der Waals surface area contributed by atoms with Crippen LogP contribution >= 0.6 is 0 Å². The highest BCUT2D eigenvalue weighted by molar-refractivity contribution is 5.96. The molecule has 3 N–H and O–H groups in total. The van der Waals surface area contributed by atoms with E-state index in [1.807, 2.05) is 18.2 Å². The molecule has 0 spiro atoms. The maximum atomic E-state index is 13.1. The standard InChI is InChI=1S/C20H18N4O2/c21-19(25)15-3-1-2-4-18(15)24-12-23-17-6-5-14(11-16(17)20(24)26)13-7-9-22-10-8-13/h1-7,11-12,22H,8-10H2,(H2,21,25). The maximum Gasteiger partial charge on any atom is 0.265 e. The van der Waals surface area contributed by atoms with E-state index < -0.39 is 5.91 Å². The number of aromatic nitrogens is 2. The molecular weight excluding hydrogens is 328 g/mol. The van der Waals surface area contributed by atoms with Crippen LogP contribution in [-0.4, -0.2) is 28.5 Å². The Labute approximate surface area is 150 Å². The van der Waals surface area contributed by atoms with Crippen molar-refractivity contribution >= 4 is 22.4 Å². The van der Waals surface area contributed by atoms with E-state index in [9.17, 15) is 9.59 Å². The van der Waals surface area contributed by atoms with Crippen molar-refractivity contribution in [3.63, 3.8) is 0 Å². The molecule has 4 rings (SSSR count). The molecule has 2 heterocycles. The van der Waals surface area contributed by atoms with E-state index >= 15 is 0 Å². The number of fused-ring (bicyclic) bond motifs is 1. The summed E-state index contributed by atoms with van der Waals surface area (Å²) in [5, 5.41) is 3.80. The number of hydrogen-bond acceptors (Lipinski definition) is 4. The number of para-hydroxylation sites is 1. The molecule has 0 saturated carbocycles. The third kappa shape index (κ3) is 2.80. The summed E-state index contributed by atoms with van der Waals surface area (Å²) in [6.45, 7) is 1.75. The van der Waals surface area contributed by atoms with Crippen LogP contribution in [0.2, 0.25) is 0 Å². The molecule has 130 valence electrons. The van der Waals surface area contributed by atoms with Crippen LogP contribution in [-0.2, 0) is 0 Å². The molecule has 1 aromatic heterocycles. The van der Waals surface area contributed by atoms with Crippen LogP contribution in [0, 0.1) is 0 Å². The zero-order valence-corrected chi connectivity index (χ0v) is 14.1. The van der Waals surface area contributed by atoms with Gasteiger partial charge in [-0.25, -0.2) is 4.98 Å². The summed E-state index contributed by atoms with van der Waals surface area (Å²) in [5.74, 6) is -0.582. The summed E-state index contributed by atoms with van der Waals surface area (Å²) in [5.41, 5.74) is 8.82. The molecule has 3 aromatic rings. The Morgan fingerprint density at radius 1 is 1.19 bits per heavy atom. The third-order valence-electron chi connectivity index (χ3n) is 4.62. The molecule has 1 aliphatic heterocycles.